The van der Waals surface area contributed by atoms with Crippen molar-refractivity contribution in [3.63, 3.8) is 0 Å². The predicted molar refractivity (Wildman–Crippen MR) is 81.7 cm³/mol. The second-order valence-electron chi connectivity index (χ2n) is 5.87. The third-order valence-electron chi connectivity index (χ3n) is 4.27. The molecule has 126 valence electrons. The first kappa shape index (κ1) is 15.4. The van der Waals surface area contributed by atoms with Crippen LogP contribution in [0, 0.1) is 6.92 Å². The standard InChI is InChI=1S/C15H13F3N4OS/c1-7-5-6-24-12(7)11-10-8(3-2-4-9(10)23)19-14-20-13(15(16,17)18)21-22(11)14/h5-6,11H,2-4H2,1H3,(H,19,20,21). The predicted octanol–water partition coefficient (Wildman–Crippen LogP) is 3.69. The highest BCUT2D eigenvalue weighted by Gasteiger charge is 2.42. The van der Waals surface area contributed by atoms with Gasteiger partial charge < -0.3 is 5.32 Å². The van der Waals surface area contributed by atoms with Crippen LogP contribution >= 0.6 is 11.3 Å². The van der Waals surface area contributed by atoms with Gasteiger partial charge in [-0.05, 0) is 36.8 Å². The van der Waals surface area contributed by atoms with Crippen LogP contribution in [0.25, 0.3) is 0 Å². The number of aryl methyl sites for hydroxylation is 1. The molecule has 1 atom stereocenters. The summed E-state index contributed by atoms with van der Waals surface area (Å²) in [5.41, 5.74) is 2.10. The molecule has 24 heavy (non-hydrogen) atoms. The molecule has 0 fully saturated rings. The molecule has 4 rings (SSSR count). The van der Waals surface area contributed by atoms with E-state index in [9.17, 15) is 18.0 Å². The lowest BCUT2D eigenvalue weighted by molar-refractivity contribution is -0.145. The summed E-state index contributed by atoms with van der Waals surface area (Å²) in [7, 11) is 0. The van der Waals surface area contributed by atoms with Crippen LogP contribution in [0.3, 0.4) is 0 Å². The Kier molecular flexibility index (Phi) is 3.31. The average Bonchev–Trinajstić information content (AvgIpc) is 3.11. The highest BCUT2D eigenvalue weighted by atomic mass is 32.1. The number of rotatable bonds is 1. The number of halogens is 3. The largest absolute Gasteiger partial charge is 0.453 e. The molecule has 0 saturated carbocycles. The minimum absolute atomic E-state index is 0.0357. The van der Waals surface area contributed by atoms with Gasteiger partial charge in [-0.3, -0.25) is 4.79 Å². The zero-order valence-electron chi connectivity index (χ0n) is 12.6. The minimum atomic E-state index is -4.63. The van der Waals surface area contributed by atoms with Gasteiger partial charge >= 0.3 is 6.18 Å². The third-order valence-corrected chi connectivity index (χ3v) is 5.34. The fourth-order valence-electron chi connectivity index (χ4n) is 3.18. The molecule has 3 heterocycles. The third kappa shape index (κ3) is 2.26. The number of ketones is 1. The molecule has 2 aromatic heterocycles. The Balaban J connectivity index is 1.93. The molecule has 0 spiro atoms. The normalized spacial score (nSPS) is 20.7. The lowest BCUT2D eigenvalue weighted by atomic mass is 9.87. The van der Waals surface area contributed by atoms with Crippen molar-refractivity contribution in [1.82, 2.24) is 14.8 Å². The Morgan fingerprint density at radius 2 is 2.17 bits per heavy atom. The molecule has 0 aromatic carbocycles. The topological polar surface area (TPSA) is 59.8 Å². The summed E-state index contributed by atoms with van der Waals surface area (Å²) in [4.78, 5) is 16.9. The van der Waals surface area contributed by atoms with E-state index in [2.05, 4.69) is 15.4 Å². The number of allylic oxidation sites excluding steroid dienone is 2. The summed E-state index contributed by atoms with van der Waals surface area (Å²) in [5, 5.41) is 8.41. The number of hydrogen-bond acceptors (Lipinski definition) is 5. The molecular formula is C15H13F3N4OS. The second kappa shape index (κ2) is 5.17. The summed E-state index contributed by atoms with van der Waals surface area (Å²) in [5.74, 6) is -1.21. The first-order valence-electron chi connectivity index (χ1n) is 7.47. The van der Waals surface area contributed by atoms with E-state index >= 15 is 0 Å². The Labute approximate surface area is 139 Å². The van der Waals surface area contributed by atoms with Crippen LogP contribution in [0.5, 0.6) is 0 Å². The van der Waals surface area contributed by atoms with E-state index < -0.39 is 18.0 Å². The van der Waals surface area contributed by atoms with Gasteiger partial charge in [0, 0.05) is 22.6 Å². The first-order valence-corrected chi connectivity index (χ1v) is 8.35. The van der Waals surface area contributed by atoms with Crippen LogP contribution in [0.2, 0.25) is 0 Å². The summed E-state index contributed by atoms with van der Waals surface area (Å²) >= 11 is 1.41. The van der Waals surface area contributed by atoms with E-state index in [1.54, 1.807) is 0 Å². The van der Waals surface area contributed by atoms with Gasteiger partial charge in [-0.1, -0.05) is 0 Å². The van der Waals surface area contributed by atoms with Crippen molar-refractivity contribution in [1.29, 1.82) is 0 Å². The number of nitrogens with zero attached hydrogens (tertiary/aromatic N) is 3. The summed E-state index contributed by atoms with van der Waals surface area (Å²) in [6.45, 7) is 1.88. The Morgan fingerprint density at radius 3 is 2.83 bits per heavy atom. The Bertz CT molecular complexity index is 864. The molecule has 1 aliphatic heterocycles. The van der Waals surface area contributed by atoms with E-state index in [4.69, 9.17) is 0 Å². The number of Topliss-reactive ketones (excluding diaryl/α,β-unsaturated/α-hetero) is 1. The monoisotopic (exact) mass is 354 g/mol. The lowest BCUT2D eigenvalue weighted by Crippen LogP contribution is -2.31. The number of nitrogens with one attached hydrogen (secondary N) is 1. The average molecular weight is 354 g/mol. The van der Waals surface area contributed by atoms with Crippen molar-refractivity contribution in [2.24, 2.45) is 0 Å². The highest BCUT2D eigenvalue weighted by molar-refractivity contribution is 7.10. The quantitative estimate of drug-likeness (QED) is 0.849. The number of fused-ring (bicyclic) bond motifs is 1. The van der Waals surface area contributed by atoms with Gasteiger partial charge in [0.15, 0.2) is 5.78 Å². The maximum absolute atomic E-state index is 13.0. The fraction of sp³-hybridized carbons (Fsp3) is 0.400. The number of thiophene rings is 1. The van der Waals surface area contributed by atoms with Crippen molar-refractivity contribution < 1.29 is 18.0 Å². The smallest absolute Gasteiger partial charge is 0.328 e. The minimum Gasteiger partial charge on any atom is -0.328 e. The van der Waals surface area contributed by atoms with Crippen molar-refractivity contribution in [2.75, 3.05) is 5.32 Å². The maximum atomic E-state index is 13.0. The van der Waals surface area contributed by atoms with Crippen LogP contribution < -0.4 is 5.32 Å². The van der Waals surface area contributed by atoms with E-state index in [1.807, 2.05) is 18.4 Å². The molecular weight excluding hydrogens is 341 g/mol. The van der Waals surface area contributed by atoms with Crippen LogP contribution in [0.15, 0.2) is 22.7 Å². The van der Waals surface area contributed by atoms with Gasteiger partial charge in [0.2, 0.25) is 5.95 Å². The molecule has 2 aliphatic rings. The van der Waals surface area contributed by atoms with Gasteiger partial charge in [0.1, 0.15) is 6.04 Å². The van der Waals surface area contributed by atoms with Crippen LogP contribution in [0.4, 0.5) is 19.1 Å². The summed E-state index contributed by atoms with van der Waals surface area (Å²) in [6, 6.07) is 1.24. The van der Waals surface area contributed by atoms with Gasteiger partial charge in [-0.2, -0.15) is 18.2 Å². The molecule has 2 aromatic rings. The van der Waals surface area contributed by atoms with Crippen LogP contribution in [0.1, 0.15) is 41.6 Å². The zero-order chi connectivity index (χ0) is 17.1. The number of aromatic nitrogens is 3. The molecule has 0 bridgehead atoms. The van der Waals surface area contributed by atoms with Crippen LogP contribution in [-0.2, 0) is 11.0 Å². The van der Waals surface area contributed by atoms with E-state index in [-0.39, 0.29) is 11.7 Å². The van der Waals surface area contributed by atoms with Gasteiger partial charge in [0.05, 0.1) is 0 Å². The highest BCUT2D eigenvalue weighted by Crippen LogP contribution is 2.43. The summed E-state index contributed by atoms with van der Waals surface area (Å²) in [6.07, 6.45) is -2.93. The lowest BCUT2D eigenvalue weighted by Gasteiger charge is -2.31. The number of alkyl halides is 3. The zero-order valence-corrected chi connectivity index (χ0v) is 13.5. The molecule has 0 saturated heterocycles. The molecule has 0 radical (unpaired) electrons. The SMILES string of the molecule is Cc1ccsc1C1C2=C(CCCC2=O)Nc2nc(C(F)(F)F)nn21. The van der Waals surface area contributed by atoms with E-state index in [0.717, 1.165) is 10.4 Å². The molecule has 1 aliphatic carbocycles. The maximum Gasteiger partial charge on any atom is 0.453 e. The molecule has 1 unspecified atom stereocenters. The van der Waals surface area contributed by atoms with Gasteiger partial charge in [0.25, 0.3) is 5.82 Å². The number of carbonyl (C=O) groups excluding carboxylic acids is 1. The fourth-order valence-corrected chi connectivity index (χ4v) is 4.20. The van der Waals surface area contributed by atoms with E-state index in [1.165, 1.54) is 16.0 Å². The van der Waals surface area contributed by atoms with Crippen molar-refractivity contribution in [3.05, 3.63) is 39.0 Å². The Hall–Kier alpha value is -2.16. The van der Waals surface area contributed by atoms with Gasteiger partial charge in [-0.15, -0.1) is 16.4 Å². The molecule has 5 nitrogen and oxygen atoms in total. The van der Waals surface area contributed by atoms with E-state index in [0.29, 0.717) is 30.5 Å². The molecule has 1 N–H and O–H groups in total. The second-order valence-corrected chi connectivity index (χ2v) is 6.81. The number of anilines is 1. The molecule has 0 amide bonds. The van der Waals surface area contributed by atoms with Crippen molar-refractivity contribution in [2.45, 2.75) is 38.4 Å². The molecule has 9 heteroatoms. The number of hydrogen-bond donors (Lipinski definition) is 1. The van der Waals surface area contributed by atoms with Gasteiger partial charge in [-0.25, -0.2) is 4.68 Å². The first-order chi connectivity index (χ1) is 11.4. The Morgan fingerprint density at radius 1 is 1.38 bits per heavy atom. The van der Waals surface area contributed by atoms with Crippen molar-refractivity contribution in [3.8, 4) is 0 Å². The van der Waals surface area contributed by atoms with Crippen LogP contribution in [-0.4, -0.2) is 20.5 Å². The number of carbonyl (C=O) groups is 1. The summed E-state index contributed by atoms with van der Waals surface area (Å²) < 4.78 is 40.3. The van der Waals surface area contributed by atoms with Crippen molar-refractivity contribution >= 4 is 23.1 Å².